The van der Waals surface area contributed by atoms with Crippen molar-refractivity contribution in [2.24, 2.45) is 5.73 Å². The summed E-state index contributed by atoms with van der Waals surface area (Å²) in [5.41, 5.74) is 7.15. The predicted molar refractivity (Wildman–Crippen MR) is 99.1 cm³/mol. The Hall–Kier alpha value is -3.05. The highest BCUT2D eigenvalue weighted by atomic mass is 16.6. The molecule has 1 unspecified atom stereocenters. The van der Waals surface area contributed by atoms with Crippen LogP contribution in [0.3, 0.4) is 0 Å². The number of benzene rings is 1. The first-order chi connectivity index (χ1) is 12.6. The highest BCUT2D eigenvalue weighted by molar-refractivity contribution is 5.76. The first-order valence-electron chi connectivity index (χ1n) is 8.45. The summed E-state index contributed by atoms with van der Waals surface area (Å²) in [4.78, 5) is 21.4. The molecule has 0 aliphatic rings. The van der Waals surface area contributed by atoms with Crippen LogP contribution in [-0.4, -0.2) is 22.0 Å². The van der Waals surface area contributed by atoms with Crippen molar-refractivity contribution in [3.05, 3.63) is 96.1 Å². The molecule has 0 saturated heterocycles. The van der Waals surface area contributed by atoms with Gasteiger partial charge in [0.1, 0.15) is 6.04 Å². The number of nitrogens with two attached hydrogens (primary N) is 1. The van der Waals surface area contributed by atoms with E-state index in [1.807, 2.05) is 66.7 Å². The lowest BCUT2D eigenvalue weighted by atomic mass is 9.95. The molecule has 3 aromatic rings. The van der Waals surface area contributed by atoms with Crippen LogP contribution in [0.25, 0.3) is 0 Å². The van der Waals surface area contributed by atoms with Crippen LogP contribution in [-0.2, 0) is 21.6 Å². The topological polar surface area (TPSA) is 78.1 Å². The minimum Gasteiger partial charge on any atom is -0.445 e. The average Bonchev–Trinajstić information content (AvgIpc) is 2.70. The molecule has 0 amide bonds. The van der Waals surface area contributed by atoms with Crippen molar-refractivity contribution in [1.82, 2.24) is 9.97 Å². The minimum absolute atomic E-state index is 0.403. The molecule has 5 heteroatoms. The molecule has 1 aromatic carbocycles. The summed E-state index contributed by atoms with van der Waals surface area (Å²) in [7, 11) is 0. The fourth-order valence-corrected chi connectivity index (χ4v) is 2.75. The van der Waals surface area contributed by atoms with Crippen LogP contribution in [0.5, 0.6) is 0 Å². The molecule has 3 rings (SSSR count). The van der Waals surface area contributed by atoms with E-state index in [1.165, 1.54) is 0 Å². The summed E-state index contributed by atoms with van der Waals surface area (Å²) in [6.07, 6.45) is 3.72. The SMILES string of the molecule is CC(OC(=O)C(N)Cc1ccccc1)(c1ccccn1)c1ccccn1. The molecule has 0 saturated carbocycles. The Balaban J connectivity index is 1.85. The minimum atomic E-state index is -1.12. The van der Waals surface area contributed by atoms with E-state index in [4.69, 9.17) is 10.5 Å². The van der Waals surface area contributed by atoms with E-state index in [-0.39, 0.29) is 0 Å². The van der Waals surface area contributed by atoms with Gasteiger partial charge >= 0.3 is 5.97 Å². The number of carbonyl (C=O) groups excluding carboxylic acids is 1. The van der Waals surface area contributed by atoms with Crippen LogP contribution in [0.15, 0.2) is 79.1 Å². The van der Waals surface area contributed by atoms with Gasteiger partial charge in [0.2, 0.25) is 0 Å². The third-order valence-electron chi connectivity index (χ3n) is 4.21. The quantitative estimate of drug-likeness (QED) is 0.694. The molecule has 132 valence electrons. The van der Waals surface area contributed by atoms with Crippen molar-refractivity contribution < 1.29 is 9.53 Å². The summed E-state index contributed by atoms with van der Waals surface area (Å²) in [5, 5.41) is 0. The van der Waals surface area contributed by atoms with E-state index in [0.717, 1.165) is 5.56 Å². The van der Waals surface area contributed by atoms with Crippen LogP contribution < -0.4 is 5.73 Å². The molecule has 2 N–H and O–H groups in total. The number of ether oxygens (including phenoxy) is 1. The maximum absolute atomic E-state index is 12.7. The van der Waals surface area contributed by atoms with Gasteiger partial charge in [0, 0.05) is 12.4 Å². The van der Waals surface area contributed by atoms with Gasteiger partial charge in [-0.1, -0.05) is 42.5 Å². The number of hydrogen-bond donors (Lipinski definition) is 1. The molecule has 0 fully saturated rings. The number of nitrogens with zero attached hydrogens (tertiary/aromatic N) is 2. The Morgan fingerprint density at radius 2 is 1.50 bits per heavy atom. The first-order valence-corrected chi connectivity index (χ1v) is 8.45. The lowest BCUT2D eigenvalue weighted by Gasteiger charge is -2.29. The van der Waals surface area contributed by atoms with Crippen molar-refractivity contribution in [2.75, 3.05) is 0 Å². The van der Waals surface area contributed by atoms with Gasteiger partial charge < -0.3 is 10.5 Å². The molecular weight excluding hydrogens is 326 g/mol. The van der Waals surface area contributed by atoms with Gasteiger partial charge in [-0.05, 0) is 43.2 Å². The zero-order valence-electron chi connectivity index (χ0n) is 14.6. The molecule has 0 aliphatic heterocycles. The van der Waals surface area contributed by atoms with E-state index in [2.05, 4.69) is 9.97 Å². The van der Waals surface area contributed by atoms with E-state index in [1.54, 1.807) is 19.3 Å². The van der Waals surface area contributed by atoms with E-state index in [0.29, 0.717) is 17.8 Å². The number of rotatable bonds is 6. The van der Waals surface area contributed by atoms with Crippen LogP contribution in [0.1, 0.15) is 23.9 Å². The van der Waals surface area contributed by atoms with Crippen LogP contribution in [0, 0.1) is 0 Å². The van der Waals surface area contributed by atoms with Crippen molar-refractivity contribution >= 4 is 5.97 Å². The molecule has 2 aromatic heterocycles. The molecule has 0 spiro atoms. The largest absolute Gasteiger partial charge is 0.445 e. The Labute approximate surface area is 152 Å². The van der Waals surface area contributed by atoms with E-state index < -0.39 is 17.6 Å². The zero-order valence-corrected chi connectivity index (χ0v) is 14.6. The number of pyridine rings is 2. The summed E-state index contributed by atoms with van der Waals surface area (Å²) in [6, 6.07) is 19.8. The Morgan fingerprint density at radius 1 is 0.962 bits per heavy atom. The Morgan fingerprint density at radius 3 is 2.00 bits per heavy atom. The molecular formula is C21H21N3O2. The summed E-state index contributed by atoms with van der Waals surface area (Å²) in [6.45, 7) is 1.78. The highest BCUT2D eigenvalue weighted by Crippen LogP contribution is 2.31. The summed E-state index contributed by atoms with van der Waals surface area (Å²) < 4.78 is 5.86. The number of hydrogen-bond acceptors (Lipinski definition) is 5. The number of aromatic nitrogens is 2. The third kappa shape index (κ3) is 3.95. The standard InChI is InChI=1S/C21H21N3O2/c1-21(18-11-5-7-13-23-18,19-12-6-8-14-24-19)26-20(25)17(22)15-16-9-3-2-4-10-16/h2-14,17H,15,22H2,1H3. The molecule has 26 heavy (non-hydrogen) atoms. The third-order valence-corrected chi connectivity index (χ3v) is 4.21. The predicted octanol–water partition coefficient (Wildman–Crippen LogP) is 2.85. The maximum Gasteiger partial charge on any atom is 0.324 e. The van der Waals surface area contributed by atoms with E-state index >= 15 is 0 Å². The summed E-state index contributed by atoms with van der Waals surface area (Å²) in [5.74, 6) is -0.493. The fourth-order valence-electron chi connectivity index (χ4n) is 2.75. The van der Waals surface area contributed by atoms with Crippen LogP contribution in [0.2, 0.25) is 0 Å². The Kier molecular flexibility index (Phi) is 5.39. The second kappa shape index (κ2) is 7.89. The molecule has 0 bridgehead atoms. The van der Waals surface area contributed by atoms with Gasteiger partial charge in [0.05, 0.1) is 11.4 Å². The van der Waals surface area contributed by atoms with Crippen LogP contribution >= 0.6 is 0 Å². The van der Waals surface area contributed by atoms with Gasteiger partial charge in [0.25, 0.3) is 0 Å². The smallest absolute Gasteiger partial charge is 0.324 e. The van der Waals surface area contributed by atoms with Crippen molar-refractivity contribution in [1.29, 1.82) is 0 Å². The second-order valence-corrected chi connectivity index (χ2v) is 6.18. The average molecular weight is 347 g/mol. The molecule has 0 radical (unpaired) electrons. The number of carbonyl (C=O) groups is 1. The molecule has 2 heterocycles. The lowest BCUT2D eigenvalue weighted by molar-refractivity contribution is -0.157. The molecule has 0 aliphatic carbocycles. The van der Waals surface area contributed by atoms with Gasteiger partial charge in [-0.15, -0.1) is 0 Å². The van der Waals surface area contributed by atoms with Crippen LogP contribution in [0.4, 0.5) is 0 Å². The normalized spacial score (nSPS) is 12.4. The molecule has 1 atom stereocenters. The number of esters is 1. The van der Waals surface area contributed by atoms with Gasteiger partial charge in [-0.3, -0.25) is 14.8 Å². The fraction of sp³-hybridized carbons (Fsp3) is 0.190. The van der Waals surface area contributed by atoms with Crippen molar-refractivity contribution in [3.63, 3.8) is 0 Å². The maximum atomic E-state index is 12.7. The Bertz CT molecular complexity index is 799. The monoisotopic (exact) mass is 347 g/mol. The van der Waals surface area contributed by atoms with Gasteiger partial charge in [0.15, 0.2) is 5.60 Å². The summed E-state index contributed by atoms with van der Waals surface area (Å²) >= 11 is 0. The van der Waals surface area contributed by atoms with Gasteiger partial charge in [-0.25, -0.2) is 0 Å². The van der Waals surface area contributed by atoms with Crippen molar-refractivity contribution in [3.8, 4) is 0 Å². The first kappa shape index (κ1) is 17.8. The van der Waals surface area contributed by atoms with Gasteiger partial charge in [-0.2, -0.15) is 0 Å². The second-order valence-electron chi connectivity index (χ2n) is 6.18. The van der Waals surface area contributed by atoms with E-state index in [9.17, 15) is 4.79 Å². The molecule has 5 nitrogen and oxygen atoms in total. The highest BCUT2D eigenvalue weighted by Gasteiger charge is 2.37. The zero-order chi connectivity index (χ0) is 18.4. The lowest BCUT2D eigenvalue weighted by Crippen LogP contribution is -2.41. The van der Waals surface area contributed by atoms with Crippen molar-refractivity contribution in [2.45, 2.75) is 25.0 Å².